The zero-order valence-electron chi connectivity index (χ0n) is 13.4. The number of nitrogens with zero attached hydrogens (tertiary/aromatic N) is 2. The van der Waals surface area contributed by atoms with Gasteiger partial charge in [0.2, 0.25) is 0 Å². The van der Waals surface area contributed by atoms with Gasteiger partial charge in [-0.05, 0) is 30.4 Å². The van der Waals surface area contributed by atoms with Crippen molar-refractivity contribution in [2.45, 2.75) is 44.2 Å². The lowest BCUT2D eigenvalue weighted by atomic mass is 9.75. The lowest BCUT2D eigenvalue weighted by Crippen LogP contribution is -2.38. The fourth-order valence-corrected chi connectivity index (χ4v) is 3.73. The monoisotopic (exact) mass is 310 g/mol. The van der Waals surface area contributed by atoms with Crippen molar-refractivity contribution in [2.75, 3.05) is 6.54 Å². The van der Waals surface area contributed by atoms with E-state index in [1.807, 2.05) is 29.2 Å². The van der Waals surface area contributed by atoms with Crippen LogP contribution < -0.4 is 5.46 Å². The molecule has 2 heterocycles. The first-order valence-electron chi connectivity index (χ1n) is 7.84. The molecule has 0 bridgehead atoms. The van der Waals surface area contributed by atoms with Gasteiger partial charge in [-0.25, -0.2) is 0 Å². The zero-order chi connectivity index (χ0) is 16.4. The van der Waals surface area contributed by atoms with E-state index in [4.69, 9.17) is 14.6 Å². The number of benzene rings is 1. The Morgan fingerprint density at radius 3 is 2.83 bits per heavy atom. The van der Waals surface area contributed by atoms with Crippen LogP contribution in [0.4, 0.5) is 0 Å². The fraction of sp³-hybridized carbons (Fsp3) is 0.471. The van der Waals surface area contributed by atoms with E-state index in [2.05, 4.69) is 20.4 Å². The second kappa shape index (κ2) is 4.68. The van der Waals surface area contributed by atoms with Crippen LogP contribution in [0.5, 0.6) is 0 Å². The van der Waals surface area contributed by atoms with E-state index in [0.717, 1.165) is 23.0 Å². The molecule has 2 fully saturated rings. The Bertz CT molecular complexity index is 730. The zero-order valence-corrected chi connectivity index (χ0v) is 13.4. The molecular formula is C17H19BN2O3. The summed E-state index contributed by atoms with van der Waals surface area (Å²) in [5, 5.41) is 19.4. The smallest absolute Gasteiger partial charge is 0.399 e. The predicted octanol–water partition coefficient (Wildman–Crippen LogP) is 1.24. The van der Waals surface area contributed by atoms with Crippen LogP contribution in [0.3, 0.4) is 0 Å². The van der Waals surface area contributed by atoms with Crippen LogP contribution in [0.15, 0.2) is 30.4 Å². The summed E-state index contributed by atoms with van der Waals surface area (Å²) in [6.45, 7) is 8.77. The first kappa shape index (κ1) is 14.9. The van der Waals surface area contributed by atoms with Crippen molar-refractivity contribution in [2.24, 2.45) is 0 Å². The van der Waals surface area contributed by atoms with Crippen LogP contribution in [0.2, 0.25) is 0 Å². The summed E-state index contributed by atoms with van der Waals surface area (Å²) >= 11 is 0. The van der Waals surface area contributed by atoms with Crippen molar-refractivity contribution in [1.29, 1.82) is 5.26 Å². The van der Waals surface area contributed by atoms with Crippen molar-refractivity contribution in [3.8, 4) is 6.07 Å². The van der Waals surface area contributed by atoms with Crippen LogP contribution in [0.25, 0.3) is 0 Å². The summed E-state index contributed by atoms with van der Waals surface area (Å²) in [5.41, 5.74) is 2.90. The number of rotatable bonds is 3. The topological polar surface area (TPSA) is 65.7 Å². The highest BCUT2D eigenvalue weighted by molar-refractivity contribution is 6.63. The first-order chi connectivity index (χ1) is 10.9. The normalized spacial score (nSPS) is 34.9. The molecule has 0 spiro atoms. The van der Waals surface area contributed by atoms with Crippen molar-refractivity contribution in [3.05, 3.63) is 41.5 Å². The van der Waals surface area contributed by atoms with Gasteiger partial charge in [-0.2, -0.15) is 5.26 Å². The van der Waals surface area contributed by atoms with Crippen LogP contribution in [-0.2, 0) is 15.9 Å². The summed E-state index contributed by atoms with van der Waals surface area (Å²) in [6, 6.07) is 7.86. The summed E-state index contributed by atoms with van der Waals surface area (Å²) in [7, 11) is -0.389. The number of fused-ring (bicyclic) bond motifs is 2. The molecule has 3 atom stereocenters. The van der Waals surface area contributed by atoms with Gasteiger partial charge in [-0.3, -0.25) is 4.90 Å². The van der Waals surface area contributed by atoms with Gasteiger partial charge in [0.25, 0.3) is 0 Å². The predicted molar refractivity (Wildman–Crippen MR) is 85.5 cm³/mol. The molecule has 1 aromatic carbocycles. The van der Waals surface area contributed by atoms with Crippen molar-refractivity contribution in [1.82, 2.24) is 4.90 Å². The molecule has 2 aliphatic heterocycles. The standard InChI is InChI=1S/C17H19BN2O3/c1-11(7-19)8-20-9-13-12(15(20)21)5-4-6-14(13)18-22-16(2)10-17(16,3)23-18/h4-6,15,21H,1,8-10H2,2-3H3. The largest absolute Gasteiger partial charge is 0.495 e. The number of nitriles is 1. The molecule has 1 N–H and O–H groups in total. The Morgan fingerprint density at radius 1 is 1.48 bits per heavy atom. The van der Waals surface area contributed by atoms with Crippen molar-refractivity contribution >= 4 is 12.6 Å². The third-order valence-corrected chi connectivity index (χ3v) is 5.44. The van der Waals surface area contributed by atoms with E-state index < -0.39 is 6.23 Å². The molecular weight excluding hydrogens is 291 g/mol. The minimum Gasteiger partial charge on any atom is -0.399 e. The summed E-state index contributed by atoms with van der Waals surface area (Å²) in [6.07, 6.45) is 0.194. The summed E-state index contributed by atoms with van der Waals surface area (Å²) in [5.74, 6) is 0. The summed E-state index contributed by atoms with van der Waals surface area (Å²) < 4.78 is 12.2. The molecule has 1 aromatic rings. The number of aliphatic hydroxyl groups excluding tert-OH is 1. The van der Waals surface area contributed by atoms with E-state index in [1.165, 1.54) is 0 Å². The molecule has 3 aliphatic rings. The number of hydrogen-bond acceptors (Lipinski definition) is 5. The highest BCUT2D eigenvalue weighted by atomic mass is 16.7. The molecule has 4 rings (SSSR count). The highest BCUT2D eigenvalue weighted by Crippen LogP contribution is 2.58. The number of hydrogen-bond donors (Lipinski definition) is 1. The second-order valence-electron chi connectivity index (χ2n) is 7.12. The van der Waals surface area contributed by atoms with Crippen LogP contribution in [0.1, 0.15) is 37.6 Å². The Hall–Kier alpha value is -1.65. The molecule has 23 heavy (non-hydrogen) atoms. The molecule has 0 amide bonds. The molecule has 5 nitrogen and oxygen atoms in total. The lowest BCUT2D eigenvalue weighted by molar-refractivity contribution is 0.0212. The quantitative estimate of drug-likeness (QED) is 0.672. The average molecular weight is 310 g/mol. The second-order valence-corrected chi connectivity index (χ2v) is 7.12. The van der Waals surface area contributed by atoms with Gasteiger partial charge in [0.15, 0.2) is 0 Å². The lowest BCUT2D eigenvalue weighted by Gasteiger charge is -2.19. The fourth-order valence-electron chi connectivity index (χ4n) is 3.73. The van der Waals surface area contributed by atoms with E-state index in [0.29, 0.717) is 18.7 Å². The minimum atomic E-state index is -0.725. The SMILES string of the molecule is C=C(C#N)CN1Cc2c(B3OC4(C)CC4(C)O3)cccc2C1O. The maximum atomic E-state index is 10.5. The maximum absolute atomic E-state index is 10.5. The van der Waals surface area contributed by atoms with Gasteiger partial charge in [0.05, 0.1) is 17.3 Å². The Balaban J connectivity index is 1.62. The van der Waals surface area contributed by atoms with E-state index in [-0.39, 0.29) is 18.3 Å². The first-order valence-corrected chi connectivity index (χ1v) is 7.84. The Kier molecular flexibility index (Phi) is 3.04. The Labute approximate surface area is 136 Å². The molecule has 1 saturated carbocycles. The van der Waals surface area contributed by atoms with Gasteiger partial charge >= 0.3 is 7.12 Å². The molecule has 118 valence electrons. The number of aliphatic hydroxyl groups is 1. The van der Waals surface area contributed by atoms with Crippen molar-refractivity contribution < 1.29 is 14.4 Å². The molecule has 0 radical (unpaired) electrons. The van der Waals surface area contributed by atoms with Gasteiger partial charge in [0.1, 0.15) is 6.23 Å². The van der Waals surface area contributed by atoms with E-state index >= 15 is 0 Å². The minimum absolute atomic E-state index is 0.202. The molecule has 6 heteroatoms. The molecule has 1 saturated heterocycles. The molecule has 0 aromatic heterocycles. The van der Waals surface area contributed by atoms with Crippen LogP contribution >= 0.6 is 0 Å². The van der Waals surface area contributed by atoms with Gasteiger partial charge in [-0.1, -0.05) is 24.8 Å². The van der Waals surface area contributed by atoms with Crippen LogP contribution in [0, 0.1) is 11.3 Å². The van der Waals surface area contributed by atoms with Crippen LogP contribution in [-0.4, -0.2) is 34.9 Å². The van der Waals surface area contributed by atoms with Gasteiger partial charge in [-0.15, -0.1) is 0 Å². The highest BCUT2D eigenvalue weighted by Gasteiger charge is 2.71. The van der Waals surface area contributed by atoms with E-state index in [9.17, 15) is 5.11 Å². The average Bonchev–Trinajstić information content (AvgIpc) is 2.76. The van der Waals surface area contributed by atoms with Crippen molar-refractivity contribution in [3.63, 3.8) is 0 Å². The van der Waals surface area contributed by atoms with Gasteiger partial charge < -0.3 is 14.4 Å². The molecule has 3 unspecified atom stereocenters. The molecule has 1 aliphatic carbocycles. The Morgan fingerprint density at radius 2 is 2.17 bits per heavy atom. The third kappa shape index (κ3) is 2.08. The van der Waals surface area contributed by atoms with Gasteiger partial charge in [0, 0.05) is 25.1 Å². The van der Waals surface area contributed by atoms with E-state index in [1.54, 1.807) is 0 Å². The summed E-state index contributed by atoms with van der Waals surface area (Å²) in [4.78, 5) is 1.83. The maximum Gasteiger partial charge on any atom is 0.495 e. The third-order valence-electron chi connectivity index (χ3n) is 5.44.